The van der Waals surface area contributed by atoms with Crippen molar-refractivity contribution in [3.8, 4) is 6.07 Å². The van der Waals surface area contributed by atoms with Crippen LogP contribution in [0.4, 0.5) is 34.0 Å². The van der Waals surface area contributed by atoms with Gasteiger partial charge in [-0.2, -0.15) is 5.26 Å². The van der Waals surface area contributed by atoms with Gasteiger partial charge in [-0.1, -0.05) is 29.8 Å². The number of alkyl halides is 2. The van der Waals surface area contributed by atoms with Crippen LogP contribution < -0.4 is 15.1 Å². The summed E-state index contributed by atoms with van der Waals surface area (Å²) >= 11 is 6.44. The third kappa shape index (κ3) is 6.21. The largest absolute Gasteiger partial charge is 0.449 e. The molecule has 0 bridgehead atoms. The standard InChI is InChI=1S/C28H21ClF4N6O4/c29-21-4-2-1-3-20(21)23(24(40)36-18-12-28(32,33)13-18)38(19-10-15(30)9-16(31)11-19)25(41)22-6-8-43-27(42)39(22)26-35-7-5-17(14-34)37-26/h1-5,7,9-11,18,22-23H,6,8,12-13H2,(H,36,40)/t22-,23-/m0/s1. The van der Waals surface area contributed by atoms with Gasteiger partial charge in [-0.3, -0.25) is 14.5 Å². The van der Waals surface area contributed by atoms with Crippen LogP contribution in [0.1, 0.15) is 36.6 Å². The highest BCUT2D eigenvalue weighted by Gasteiger charge is 2.48. The van der Waals surface area contributed by atoms with E-state index >= 15 is 0 Å². The van der Waals surface area contributed by atoms with Crippen LogP contribution in [0.3, 0.4) is 0 Å². The highest BCUT2D eigenvalue weighted by Crippen LogP contribution is 2.39. The molecule has 2 heterocycles. The molecule has 15 heteroatoms. The van der Waals surface area contributed by atoms with Gasteiger partial charge in [0.15, 0.2) is 0 Å². The number of halogens is 5. The highest BCUT2D eigenvalue weighted by atomic mass is 35.5. The van der Waals surface area contributed by atoms with Crippen molar-refractivity contribution in [2.75, 3.05) is 16.4 Å². The Kier molecular flexibility index (Phi) is 8.19. The number of hydrogen-bond acceptors (Lipinski definition) is 7. The zero-order valence-electron chi connectivity index (χ0n) is 22.0. The summed E-state index contributed by atoms with van der Waals surface area (Å²) in [5, 5.41) is 11.7. The molecule has 2 aliphatic rings. The SMILES string of the molecule is N#Cc1ccnc(N2C(=O)OCC[C@H]2C(=O)N(c2cc(F)cc(F)c2)[C@H](C(=O)NC2CC(F)(F)C2)c2ccccc2Cl)n1. The van der Waals surface area contributed by atoms with Gasteiger partial charge in [0.25, 0.3) is 11.8 Å². The van der Waals surface area contributed by atoms with Crippen molar-refractivity contribution in [3.63, 3.8) is 0 Å². The quantitative estimate of drug-likeness (QED) is 0.382. The van der Waals surface area contributed by atoms with Crippen molar-refractivity contribution in [2.24, 2.45) is 0 Å². The minimum absolute atomic E-state index is 0.0124. The number of cyclic esters (lactones) is 1. The van der Waals surface area contributed by atoms with Crippen LogP contribution in [0.25, 0.3) is 0 Å². The lowest BCUT2D eigenvalue weighted by molar-refractivity contribution is -0.133. The molecule has 0 spiro atoms. The highest BCUT2D eigenvalue weighted by molar-refractivity contribution is 6.31. The van der Waals surface area contributed by atoms with E-state index in [9.17, 15) is 37.2 Å². The van der Waals surface area contributed by atoms with Crippen molar-refractivity contribution < 1.29 is 36.7 Å². The number of nitrogens with one attached hydrogen (secondary N) is 1. The first-order valence-electron chi connectivity index (χ1n) is 12.9. The summed E-state index contributed by atoms with van der Waals surface area (Å²) < 4.78 is 61.4. The Labute approximate surface area is 246 Å². The number of amides is 3. The number of nitrogens with zero attached hydrogens (tertiary/aromatic N) is 5. The van der Waals surface area contributed by atoms with Crippen molar-refractivity contribution in [3.05, 3.63) is 82.6 Å². The Morgan fingerprint density at radius 1 is 1.16 bits per heavy atom. The van der Waals surface area contributed by atoms with Gasteiger partial charge in [-0.15, -0.1) is 0 Å². The van der Waals surface area contributed by atoms with E-state index < -0.39 is 72.1 Å². The van der Waals surface area contributed by atoms with Crippen molar-refractivity contribution >= 4 is 41.1 Å². The molecule has 0 unspecified atom stereocenters. The number of carbonyl (C=O) groups excluding carboxylic acids is 3. The predicted molar refractivity (Wildman–Crippen MR) is 143 cm³/mol. The number of carbonyl (C=O) groups is 3. The third-order valence-corrected chi connectivity index (χ3v) is 7.23. The average Bonchev–Trinajstić information content (AvgIpc) is 2.94. The fraction of sp³-hybridized carbons (Fsp3) is 0.286. The summed E-state index contributed by atoms with van der Waals surface area (Å²) in [6.45, 7) is -0.255. The van der Waals surface area contributed by atoms with Crippen LogP contribution >= 0.6 is 11.6 Å². The summed E-state index contributed by atoms with van der Waals surface area (Å²) in [4.78, 5) is 50.7. The first-order valence-corrected chi connectivity index (χ1v) is 13.3. The molecule has 3 amide bonds. The second-order valence-corrected chi connectivity index (χ2v) is 10.3. The van der Waals surface area contributed by atoms with Gasteiger partial charge >= 0.3 is 6.09 Å². The maximum atomic E-state index is 14.6. The van der Waals surface area contributed by atoms with E-state index in [1.807, 2.05) is 0 Å². The van der Waals surface area contributed by atoms with E-state index in [2.05, 4.69) is 15.3 Å². The summed E-state index contributed by atoms with van der Waals surface area (Å²) in [6.07, 6.45) is -1.35. The van der Waals surface area contributed by atoms with E-state index in [4.69, 9.17) is 16.3 Å². The van der Waals surface area contributed by atoms with Gasteiger partial charge in [0.05, 0.1) is 12.3 Å². The molecule has 0 radical (unpaired) electrons. The van der Waals surface area contributed by atoms with Crippen LogP contribution in [0.15, 0.2) is 54.7 Å². The van der Waals surface area contributed by atoms with E-state index in [1.54, 1.807) is 12.1 Å². The number of nitriles is 1. The molecule has 2 aromatic carbocycles. The minimum Gasteiger partial charge on any atom is -0.449 e. The van der Waals surface area contributed by atoms with E-state index in [-0.39, 0.29) is 35.3 Å². The molecule has 3 aromatic rings. The second kappa shape index (κ2) is 11.8. The third-order valence-electron chi connectivity index (χ3n) is 6.89. The zero-order valence-corrected chi connectivity index (χ0v) is 22.8. The number of rotatable bonds is 7. The Hall–Kier alpha value is -4.77. The normalized spacial score (nSPS) is 18.6. The van der Waals surface area contributed by atoms with E-state index in [0.717, 1.165) is 21.9 Å². The molecule has 43 heavy (non-hydrogen) atoms. The average molecular weight is 617 g/mol. The summed E-state index contributed by atoms with van der Waals surface area (Å²) in [7, 11) is 0. The maximum absolute atomic E-state index is 14.6. The minimum atomic E-state index is -2.99. The molecule has 1 saturated heterocycles. The lowest BCUT2D eigenvalue weighted by Crippen LogP contribution is -2.59. The van der Waals surface area contributed by atoms with Gasteiger partial charge in [0, 0.05) is 48.2 Å². The van der Waals surface area contributed by atoms with Gasteiger partial charge in [-0.25, -0.2) is 37.2 Å². The number of aromatic nitrogens is 2. The lowest BCUT2D eigenvalue weighted by Gasteiger charge is -2.40. The smallest absolute Gasteiger partial charge is 0.417 e. The molecular formula is C28H21ClF4N6O4. The fourth-order valence-corrected chi connectivity index (χ4v) is 5.18. The summed E-state index contributed by atoms with van der Waals surface area (Å²) in [5.74, 6) is -7.52. The number of hydrogen-bond donors (Lipinski definition) is 1. The van der Waals surface area contributed by atoms with E-state index in [1.165, 1.54) is 30.5 Å². The summed E-state index contributed by atoms with van der Waals surface area (Å²) in [5.41, 5.74) is -0.547. The first-order chi connectivity index (χ1) is 20.5. The van der Waals surface area contributed by atoms with Crippen LogP contribution in [0.2, 0.25) is 5.02 Å². The fourth-order valence-electron chi connectivity index (χ4n) is 4.95. The van der Waals surface area contributed by atoms with Crippen LogP contribution in [-0.2, 0) is 14.3 Å². The number of benzene rings is 2. The molecule has 1 aromatic heterocycles. The maximum Gasteiger partial charge on any atom is 0.417 e. The molecular weight excluding hydrogens is 596 g/mol. The molecule has 1 aliphatic carbocycles. The topological polar surface area (TPSA) is 129 Å². The molecule has 222 valence electrons. The van der Waals surface area contributed by atoms with Gasteiger partial charge < -0.3 is 10.1 Å². The predicted octanol–water partition coefficient (Wildman–Crippen LogP) is 4.68. The Morgan fingerprint density at radius 2 is 1.86 bits per heavy atom. The molecule has 1 N–H and O–H groups in total. The van der Waals surface area contributed by atoms with Crippen molar-refractivity contribution in [1.82, 2.24) is 15.3 Å². The van der Waals surface area contributed by atoms with Crippen LogP contribution in [0.5, 0.6) is 0 Å². The van der Waals surface area contributed by atoms with Crippen molar-refractivity contribution in [2.45, 2.75) is 43.3 Å². The van der Waals surface area contributed by atoms with Gasteiger partial charge in [0.2, 0.25) is 11.9 Å². The lowest BCUT2D eigenvalue weighted by atomic mass is 9.87. The molecule has 1 aliphatic heterocycles. The summed E-state index contributed by atoms with van der Waals surface area (Å²) in [6, 6.07) is 6.88. The number of anilines is 2. The van der Waals surface area contributed by atoms with Gasteiger partial charge in [-0.05, 0) is 24.3 Å². The van der Waals surface area contributed by atoms with Crippen LogP contribution in [-0.4, -0.2) is 52.5 Å². The molecule has 10 nitrogen and oxygen atoms in total. The molecule has 5 rings (SSSR count). The Morgan fingerprint density at radius 3 is 2.51 bits per heavy atom. The zero-order chi connectivity index (χ0) is 30.9. The first kappa shape index (κ1) is 29.7. The van der Waals surface area contributed by atoms with Crippen molar-refractivity contribution in [1.29, 1.82) is 5.26 Å². The van der Waals surface area contributed by atoms with Gasteiger partial charge in [0.1, 0.15) is 35.5 Å². The Balaban J connectivity index is 1.65. The molecule has 2 atom stereocenters. The molecule has 2 fully saturated rings. The monoisotopic (exact) mass is 616 g/mol. The molecule has 1 saturated carbocycles. The Bertz CT molecular complexity index is 1610. The van der Waals surface area contributed by atoms with E-state index in [0.29, 0.717) is 6.07 Å². The second-order valence-electron chi connectivity index (χ2n) is 9.87. The van der Waals surface area contributed by atoms with Crippen LogP contribution in [0, 0.1) is 23.0 Å². The number of ether oxygens (including phenoxy) is 1.